The van der Waals surface area contributed by atoms with Gasteiger partial charge in [0.25, 0.3) is 5.56 Å². The standard InChI is InChI=1S/C19H26N6O/c26-19-11-17-3-1-2-4-18(17)22-25(19)10-9-23-5-7-24(8-6-23)14-16-12-20-15-21-13-16/h11-13,15H,1-10,14H2. The molecule has 0 saturated carbocycles. The number of aryl methyl sites for hydroxylation is 2. The summed E-state index contributed by atoms with van der Waals surface area (Å²) in [4.78, 5) is 25.3. The van der Waals surface area contributed by atoms with Crippen molar-refractivity contribution >= 4 is 0 Å². The molecule has 1 aliphatic carbocycles. The zero-order chi connectivity index (χ0) is 17.8. The Balaban J connectivity index is 1.28. The molecule has 0 atom stereocenters. The molecular formula is C19H26N6O. The number of hydrogen-bond acceptors (Lipinski definition) is 6. The fourth-order valence-electron chi connectivity index (χ4n) is 3.84. The Bertz CT molecular complexity index is 782. The Kier molecular flexibility index (Phi) is 5.36. The highest BCUT2D eigenvalue weighted by molar-refractivity contribution is 5.20. The Hall–Kier alpha value is -2.12. The molecule has 0 spiro atoms. The molecule has 7 heteroatoms. The molecule has 1 saturated heterocycles. The fourth-order valence-corrected chi connectivity index (χ4v) is 3.84. The van der Waals surface area contributed by atoms with Gasteiger partial charge in [-0.1, -0.05) is 0 Å². The van der Waals surface area contributed by atoms with Gasteiger partial charge >= 0.3 is 0 Å². The maximum Gasteiger partial charge on any atom is 0.267 e. The van der Waals surface area contributed by atoms with Crippen molar-refractivity contribution in [2.45, 2.75) is 38.8 Å². The van der Waals surface area contributed by atoms with Crippen molar-refractivity contribution in [3.05, 3.63) is 52.0 Å². The van der Waals surface area contributed by atoms with Crippen LogP contribution in [0.2, 0.25) is 0 Å². The normalized spacial score (nSPS) is 18.6. The molecule has 0 radical (unpaired) electrons. The van der Waals surface area contributed by atoms with E-state index in [1.807, 2.05) is 12.4 Å². The van der Waals surface area contributed by atoms with E-state index in [4.69, 9.17) is 0 Å². The first-order chi connectivity index (χ1) is 12.8. The van der Waals surface area contributed by atoms with Gasteiger partial charge in [-0.25, -0.2) is 14.6 Å². The predicted molar refractivity (Wildman–Crippen MR) is 98.9 cm³/mol. The molecule has 0 bridgehead atoms. The number of rotatable bonds is 5. The Morgan fingerprint density at radius 3 is 2.46 bits per heavy atom. The molecule has 138 valence electrons. The summed E-state index contributed by atoms with van der Waals surface area (Å²) in [5.74, 6) is 0. The fraction of sp³-hybridized carbons (Fsp3) is 0.579. The van der Waals surface area contributed by atoms with E-state index in [0.29, 0.717) is 6.54 Å². The van der Waals surface area contributed by atoms with Crippen LogP contribution in [0.3, 0.4) is 0 Å². The van der Waals surface area contributed by atoms with Gasteiger partial charge in [0, 0.05) is 63.3 Å². The summed E-state index contributed by atoms with van der Waals surface area (Å²) in [5.41, 5.74) is 3.50. The van der Waals surface area contributed by atoms with Crippen molar-refractivity contribution in [1.29, 1.82) is 0 Å². The molecular weight excluding hydrogens is 328 g/mol. The minimum atomic E-state index is 0.0494. The van der Waals surface area contributed by atoms with E-state index in [1.54, 1.807) is 17.1 Å². The van der Waals surface area contributed by atoms with Crippen molar-refractivity contribution < 1.29 is 0 Å². The third-order valence-electron chi connectivity index (χ3n) is 5.39. The van der Waals surface area contributed by atoms with E-state index in [9.17, 15) is 4.79 Å². The van der Waals surface area contributed by atoms with Gasteiger partial charge in [0.1, 0.15) is 6.33 Å². The van der Waals surface area contributed by atoms with Crippen LogP contribution in [0.4, 0.5) is 0 Å². The summed E-state index contributed by atoms with van der Waals surface area (Å²) in [6.07, 6.45) is 9.72. The molecule has 2 aromatic heterocycles. The van der Waals surface area contributed by atoms with Crippen molar-refractivity contribution in [2.75, 3.05) is 32.7 Å². The monoisotopic (exact) mass is 354 g/mol. The maximum atomic E-state index is 12.3. The van der Waals surface area contributed by atoms with Gasteiger partial charge < -0.3 is 0 Å². The topological polar surface area (TPSA) is 67.2 Å². The van der Waals surface area contributed by atoms with Crippen molar-refractivity contribution in [2.24, 2.45) is 0 Å². The molecule has 1 aliphatic heterocycles. The van der Waals surface area contributed by atoms with Crippen LogP contribution in [0.5, 0.6) is 0 Å². The van der Waals surface area contributed by atoms with Gasteiger partial charge in [-0.2, -0.15) is 5.10 Å². The van der Waals surface area contributed by atoms with Crippen molar-refractivity contribution in [3.63, 3.8) is 0 Å². The summed E-state index contributed by atoms with van der Waals surface area (Å²) in [5, 5.41) is 4.62. The van der Waals surface area contributed by atoms with Crippen LogP contribution in [0, 0.1) is 0 Å². The molecule has 26 heavy (non-hydrogen) atoms. The van der Waals surface area contributed by atoms with E-state index in [0.717, 1.165) is 68.9 Å². The van der Waals surface area contributed by atoms with Crippen LogP contribution in [0.15, 0.2) is 29.6 Å². The lowest BCUT2D eigenvalue weighted by Gasteiger charge is -2.34. The smallest absolute Gasteiger partial charge is 0.267 e. The van der Waals surface area contributed by atoms with E-state index < -0.39 is 0 Å². The second-order valence-corrected chi connectivity index (χ2v) is 7.25. The van der Waals surface area contributed by atoms with Crippen LogP contribution in [0.1, 0.15) is 29.7 Å². The van der Waals surface area contributed by atoms with Crippen LogP contribution in [-0.4, -0.2) is 62.3 Å². The van der Waals surface area contributed by atoms with Crippen LogP contribution in [-0.2, 0) is 25.9 Å². The van der Waals surface area contributed by atoms with Crippen molar-refractivity contribution in [3.8, 4) is 0 Å². The summed E-state index contributed by atoms with van der Waals surface area (Å²) < 4.78 is 1.66. The molecule has 2 aromatic rings. The molecule has 3 heterocycles. The highest BCUT2D eigenvalue weighted by Gasteiger charge is 2.18. The van der Waals surface area contributed by atoms with Crippen molar-refractivity contribution in [1.82, 2.24) is 29.5 Å². The molecule has 7 nitrogen and oxygen atoms in total. The summed E-state index contributed by atoms with van der Waals surface area (Å²) in [7, 11) is 0. The minimum Gasteiger partial charge on any atom is -0.299 e. The first kappa shape index (κ1) is 17.3. The highest BCUT2D eigenvalue weighted by atomic mass is 16.1. The lowest BCUT2D eigenvalue weighted by molar-refractivity contribution is 0.122. The number of hydrogen-bond donors (Lipinski definition) is 0. The predicted octanol–water partition coefficient (Wildman–Crippen LogP) is 0.730. The first-order valence-electron chi connectivity index (χ1n) is 9.56. The molecule has 1 fully saturated rings. The maximum absolute atomic E-state index is 12.3. The molecule has 0 unspecified atom stereocenters. The van der Waals surface area contributed by atoms with Gasteiger partial charge in [-0.05, 0) is 31.2 Å². The van der Waals surface area contributed by atoms with Gasteiger partial charge in [0.05, 0.1) is 12.2 Å². The third-order valence-corrected chi connectivity index (χ3v) is 5.39. The Labute approximate surface area is 153 Å². The number of nitrogens with zero attached hydrogens (tertiary/aromatic N) is 6. The largest absolute Gasteiger partial charge is 0.299 e. The number of fused-ring (bicyclic) bond motifs is 1. The number of aromatic nitrogens is 4. The highest BCUT2D eigenvalue weighted by Crippen LogP contribution is 2.16. The zero-order valence-corrected chi connectivity index (χ0v) is 15.2. The SMILES string of the molecule is O=c1cc2c(nn1CCN1CCN(Cc3cncnc3)CC1)CCCC2. The lowest BCUT2D eigenvalue weighted by atomic mass is 9.97. The van der Waals surface area contributed by atoms with E-state index >= 15 is 0 Å². The molecule has 0 aromatic carbocycles. The van der Waals surface area contributed by atoms with Gasteiger partial charge in [0.15, 0.2) is 0 Å². The first-order valence-corrected chi connectivity index (χ1v) is 9.56. The Morgan fingerprint density at radius 1 is 0.923 bits per heavy atom. The average molecular weight is 354 g/mol. The second kappa shape index (κ2) is 8.05. The van der Waals surface area contributed by atoms with E-state index in [2.05, 4.69) is 24.9 Å². The van der Waals surface area contributed by atoms with Crippen LogP contribution >= 0.6 is 0 Å². The number of piperazine rings is 1. The van der Waals surface area contributed by atoms with Gasteiger partial charge in [0.2, 0.25) is 0 Å². The average Bonchev–Trinajstić information content (AvgIpc) is 2.68. The Morgan fingerprint density at radius 2 is 1.65 bits per heavy atom. The second-order valence-electron chi connectivity index (χ2n) is 7.25. The summed E-state index contributed by atoms with van der Waals surface area (Å²) >= 11 is 0. The quantitative estimate of drug-likeness (QED) is 0.789. The van der Waals surface area contributed by atoms with E-state index in [1.165, 1.54) is 12.8 Å². The minimum absolute atomic E-state index is 0.0494. The molecule has 2 aliphatic rings. The van der Waals surface area contributed by atoms with Gasteiger partial charge in [-0.3, -0.25) is 14.6 Å². The third kappa shape index (κ3) is 4.16. The molecule has 0 N–H and O–H groups in total. The van der Waals surface area contributed by atoms with Crippen LogP contribution < -0.4 is 5.56 Å². The zero-order valence-electron chi connectivity index (χ0n) is 15.2. The lowest BCUT2D eigenvalue weighted by Crippen LogP contribution is -2.47. The molecule has 4 rings (SSSR count). The van der Waals surface area contributed by atoms with Gasteiger partial charge in [-0.15, -0.1) is 0 Å². The summed E-state index contributed by atoms with van der Waals surface area (Å²) in [6.45, 7) is 6.57. The summed E-state index contributed by atoms with van der Waals surface area (Å²) in [6, 6.07) is 1.81. The van der Waals surface area contributed by atoms with E-state index in [-0.39, 0.29) is 5.56 Å². The molecule has 0 amide bonds. The van der Waals surface area contributed by atoms with Crippen LogP contribution in [0.25, 0.3) is 0 Å².